The van der Waals surface area contributed by atoms with Crippen LogP contribution in [0.25, 0.3) is 0 Å². The summed E-state index contributed by atoms with van der Waals surface area (Å²) in [5, 5.41) is 7.68. The minimum absolute atomic E-state index is 0.725. The number of nitrogens with zero attached hydrogens (tertiary/aromatic N) is 3. The molecule has 0 amide bonds. The Morgan fingerprint density at radius 1 is 1.53 bits per heavy atom. The molecule has 2 atom stereocenters. The second-order valence-corrected chi connectivity index (χ2v) is 4.56. The minimum atomic E-state index is 0.725. The Morgan fingerprint density at radius 2 is 2.40 bits per heavy atom. The highest BCUT2D eigenvalue weighted by molar-refractivity contribution is 4.89. The maximum atomic E-state index is 4.33. The highest BCUT2D eigenvalue weighted by Crippen LogP contribution is 2.19. The van der Waals surface area contributed by atoms with Gasteiger partial charge in [0.25, 0.3) is 0 Å². The molecular formula is C11H20N4. The molecule has 4 heteroatoms. The lowest BCUT2D eigenvalue weighted by atomic mass is 9.89. The predicted octanol–water partition coefficient (Wildman–Crippen LogP) is 1.09. The molecule has 1 aliphatic rings. The van der Waals surface area contributed by atoms with Gasteiger partial charge in [-0.05, 0) is 38.3 Å². The number of piperidine rings is 1. The van der Waals surface area contributed by atoms with Crippen molar-refractivity contribution in [1.29, 1.82) is 0 Å². The fourth-order valence-corrected chi connectivity index (χ4v) is 2.39. The number of nitrogens with one attached hydrogen (secondary N) is 1. The third-order valence-electron chi connectivity index (χ3n) is 3.13. The van der Waals surface area contributed by atoms with Gasteiger partial charge < -0.3 is 5.32 Å². The zero-order chi connectivity index (χ0) is 10.7. The van der Waals surface area contributed by atoms with Gasteiger partial charge in [-0.3, -0.25) is 4.68 Å². The monoisotopic (exact) mass is 208 g/mol. The van der Waals surface area contributed by atoms with Crippen molar-refractivity contribution in [2.24, 2.45) is 11.8 Å². The summed E-state index contributed by atoms with van der Waals surface area (Å²) in [6, 6.07) is 0. The Kier molecular flexibility index (Phi) is 3.36. The van der Waals surface area contributed by atoms with Gasteiger partial charge in [-0.25, -0.2) is 4.98 Å². The molecule has 84 valence electrons. The number of hydrogen-bond donors (Lipinski definition) is 1. The van der Waals surface area contributed by atoms with Crippen LogP contribution < -0.4 is 5.32 Å². The van der Waals surface area contributed by atoms with Gasteiger partial charge in [0.1, 0.15) is 12.2 Å². The zero-order valence-corrected chi connectivity index (χ0v) is 9.61. The van der Waals surface area contributed by atoms with E-state index in [0.29, 0.717) is 0 Å². The second kappa shape index (κ2) is 4.75. The van der Waals surface area contributed by atoms with Gasteiger partial charge in [-0.1, -0.05) is 6.92 Å². The summed E-state index contributed by atoms with van der Waals surface area (Å²) in [7, 11) is 0. The van der Waals surface area contributed by atoms with Gasteiger partial charge in [0.2, 0.25) is 0 Å². The molecule has 0 bridgehead atoms. The van der Waals surface area contributed by atoms with Crippen LogP contribution in [0.3, 0.4) is 0 Å². The summed E-state index contributed by atoms with van der Waals surface area (Å²) in [6.07, 6.45) is 4.03. The average molecular weight is 208 g/mol. The quantitative estimate of drug-likeness (QED) is 0.808. The maximum absolute atomic E-state index is 4.33. The third kappa shape index (κ3) is 2.56. The van der Waals surface area contributed by atoms with Crippen molar-refractivity contribution in [2.45, 2.75) is 33.2 Å². The van der Waals surface area contributed by atoms with Crippen molar-refractivity contribution < 1.29 is 0 Å². The Hall–Kier alpha value is -0.900. The van der Waals surface area contributed by atoms with Crippen LogP contribution in [-0.4, -0.2) is 27.9 Å². The van der Waals surface area contributed by atoms with Gasteiger partial charge in [0, 0.05) is 13.0 Å². The van der Waals surface area contributed by atoms with Gasteiger partial charge in [-0.15, -0.1) is 0 Å². The Balaban J connectivity index is 1.96. The first-order valence-electron chi connectivity index (χ1n) is 5.87. The van der Waals surface area contributed by atoms with Crippen LogP contribution in [0.1, 0.15) is 26.1 Å². The van der Waals surface area contributed by atoms with E-state index < -0.39 is 0 Å². The van der Waals surface area contributed by atoms with Crippen molar-refractivity contribution >= 4 is 0 Å². The van der Waals surface area contributed by atoms with Gasteiger partial charge in [-0.2, -0.15) is 5.10 Å². The largest absolute Gasteiger partial charge is 0.316 e. The van der Waals surface area contributed by atoms with E-state index in [2.05, 4.69) is 29.2 Å². The summed E-state index contributed by atoms with van der Waals surface area (Å²) in [6.45, 7) is 7.63. The molecule has 0 radical (unpaired) electrons. The van der Waals surface area contributed by atoms with E-state index in [4.69, 9.17) is 0 Å². The highest BCUT2D eigenvalue weighted by Gasteiger charge is 2.20. The molecule has 0 saturated carbocycles. The Labute approximate surface area is 91.1 Å². The van der Waals surface area contributed by atoms with Crippen LogP contribution >= 0.6 is 0 Å². The zero-order valence-electron chi connectivity index (χ0n) is 9.61. The molecule has 1 aromatic rings. The van der Waals surface area contributed by atoms with Crippen LogP contribution in [0, 0.1) is 11.8 Å². The number of hydrogen-bond acceptors (Lipinski definition) is 3. The highest BCUT2D eigenvalue weighted by atomic mass is 15.3. The van der Waals surface area contributed by atoms with Gasteiger partial charge in [0.15, 0.2) is 0 Å². The van der Waals surface area contributed by atoms with Crippen molar-refractivity contribution in [1.82, 2.24) is 20.1 Å². The lowest BCUT2D eigenvalue weighted by molar-refractivity contribution is 0.295. The molecule has 0 spiro atoms. The summed E-state index contributed by atoms with van der Waals surface area (Å²) in [4.78, 5) is 4.33. The molecule has 0 aliphatic carbocycles. The van der Waals surface area contributed by atoms with E-state index >= 15 is 0 Å². The smallest absolute Gasteiger partial charge is 0.138 e. The molecule has 2 heterocycles. The van der Waals surface area contributed by atoms with Crippen molar-refractivity contribution in [3.8, 4) is 0 Å². The number of rotatable bonds is 3. The molecule has 2 unspecified atom stereocenters. The number of aromatic nitrogens is 3. The average Bonchev–Trinajstić information content (AvgIpc) is 2.65. The number of aryl methyl sites for hydroxylation is 1. The van der Waals surface area contributed by atoms with Crippen LogP contribution in [0.4, 0.5) is 0 Å². The van der Waals surface area contributed by atoms with Gasteiger partial charge in [0.05, 0.1) is 0 Å². The first-order valence-corrected chi connectivity index (χ1v) is 5.87. The summed E-state index contributed by atoms with van der Waals surface area (Å²) in [5.41, 5.74) is 0. The van der Waals surface area contributed by atoms with Crippen LogP contribution in [0.2, 0.25) is 0 Å². The fraction of sp³-hybridized carbons (Fsp3) is 0.818. The van der Waals surface area contributed by atoms with Crippen molar-refractivity contribution in [3.05, 3.63) is 12.2 Å². The van der Waals surface area contributed by atoms with Gasteiger partial charge >= 0.3 is 0 Å². The van der Waals surface area contributed by atoms with Crippen LogP contribution in [0.5, 0.6) is 0 Å². The topological polar surface area (TPSA) is 42.7 Å². The molecule has 0 aromatic carbocycles. The first-order chi connectivity index (χ1) is 7.29. The summed E-state index contributed by atoms with van der Waals surface area (Å²) in [5.74, 6) is 2.66. The van der Waals surface area contributed by atoms with Crippen molar-refractivity contribution in [3.63, 3.8) is 0 Å². The maximum Gasteiger partial charge on any atom is 0.138 e. The fourth-order valence-electron chi connectivity index (χ4n) is 2.39. The van der Waals surface area contributed by atoms with E-state index in [9.17, 15) is 0 Å². The van der Waals surface area contributed by atoms with Crippen LogP contribution in [0.15, 0.2) is 6.33 Å². The third-order valence-corrected chi connectivity index (χ3v) is 3.13. The summed E-state index contributed by atoms with van der Waals surface area (Å²) < 4.78 is 2.00. The molecule has 1 fully saturated rings. The Morgan fingerprint density at radius 3 is 3.13 bits per heavy atom. The summed E-state index contributed by atoms with van der Waals surface area (Å²) >= 11 is 0. The normalized spacial score (nSPS) is 26.8. The SMILES string of the molecule is CCn1ncnc1CC1CNCC(C)C1. The van der Waals surface area contributed by atoms with E-state index in [0.717, 1.165) is 43.7 Å². The standard InChI is InChI=1S/C11H20N4/c1-3-15-11(13-8-14-15)5-10-4-9(2)6-12-7-10/h8-10,12H,3-7H2,1-2H3. The molecule has 1 saturated heterocycles. The molecule has 1 N–H and O–H groups in total. The van der Waals surface area contributed by atoms with E-state index in [1.165, 1.54) is 6.42 Å². The molecule has 1 aliphatic heterocycles. The Bertz CT molecular complexity index is 307. The minimum Gasteiger partial charge on any atom is -0.316 e. The lowest BCUT2D eigenvalue weighted by Gasteiger charge is -2.27. The first kappa shape index (κ1) is 10.6. The second-order valence-electron chi connectivity index (χ2n) is 4.56. The van der Waals surface area contributed by atoms with Crippen LogP contribution in [-0.2, 0) is 13.0 Å². The molecule has 2 rings (SSSR count). The lowest BCUT2D eigenvalue weighted by Crippen LogP contribution is -2.36. The molecule has 1 aromatic heterocycles. The van der Waals surface area contributed by atoms with E-state index in [-0.39, 0.29) is 0 Å². The van der Waals surface area contributed by atoms with Crippen molar-refractivity contribution in [2.75, 3.05) is 13.1 Å². The predicted molar refractivity (Wildman–Crippen MR) is 59.5 cm³/mol. The van der Waals surface area contributed by atoms with E-state index in [1.807, 2.05) is 4.68 Å². The molecular weight excluding hydrogens is 188 g/mol. The molecule has 4 nitrogen and oxygen atoms in total. The van der Waals surface area contributed by atoms with E-state index in [1.54, 1.807) is 6.33 Å². The molecule has 15 heavy (non-hydrogen) atoms.